The minimum absolute atomic E-state index is 0.110. The van der Waals surface area contributed by atoms with Crippen LogP contribution in [0.5, 0.6) is 0 Å². The molecular weight excluding hydrogens is 169 g/mol. The Bertz CT molecular complexity index is 140. The van der Waals surface area contributed by atoms with E-state index in [1.807, 2.05) is 13.8 Å². The van der Waals surface area contributed by atoms with E-state index in [4.69, 9.17) is 0 Å². The largest absolute Gasteiger partial charge is 0.353 e. The molecule has 0 bridgehead atoms. The third-order valence-electron chi connectivity index (χ3n) is 1.47. The second-order valence-electron chi connectivity index (χ2n) is 3.77. The van der Waals surface area contributed by atoms with Crippen molar-refractivity contribution in [1.29, 1.82) is 0 Å². The number of hydrogen-bond acceptors (Lipinski definition) is 1. The van der Waals surface area contributed by atoms with Gasteiger partial charge in [0, 0.05) is 13.5 Å². The molecule has 0 heterocycles. The molecular formula is C10H22FNO. The fourth-order valence-electron chi connectivity index (χ4n) is 0.540. The van der Waals surface area contributed by atoms with Crippen molar-refractivity contribution in [3.63, 3.8) is 0 Å². The lowest BCUT2D eigenvalue weighted by Gasteiger charge is -2.23. The lowest BCUT2D eigenvalue weighted by molar-refractivity contribution is -0.119. The zero-order chi connectivity index (χ0) is 11.1. The quantitative estimate of drug-likeness (QED) is 0.714. The SMILES string of the molecule is CC.CC(=O)NCC(F)C(C)(C)C. The van der Waals surface area contributed by atoms with Crippen LogP contribution in [0.3, 0.4) is 0 Å². The van der Waals surface area contributed by atoms with Crippen molar-refractivity contribution in [2.75, 3.05) is 6.54 Å². The summed E-state index contributed by atoms with van der Waals surface area (Å²) in [7, 11) is 0. The van der Waals surface area contributed by atoms with Crippen molar-refractivity contribution in [3.05, 3.63) is 0 Å². The number of carbonyl (C=O) groups is 1. The molecule has 0 rings (SSSR count). The summed E-state index contributed by atoms with van der Waals surface area (Å²) in [5, 5.41) is 2.44. The van der Waals surface area contributed by atoms with Gasteiger partial charge in [0.05, 0.1) is 0 Å². The minimum Gasteiger partial charge on any atom is -0.353 e. The standard InChI is InChI=1S/C8H16FNO.C2H6/c1-6(11)10-5-7(9)8(2,3)4;1-2/h7H,5H2,1-4H3,(H,10,11);1-2H3. The van der Waals surface area contributed by atoms with Crippen LogP contribution in [0.1, 0.15) is 41.5 Å². The van der Waals surface area contributed by atoms with Crippen LogP contribution >= 0.6 is 0 Å². The molecule has 80 valence electrons. The highest BCUT2D eigenvalue weighted by molar-refractivity contribution is 5.72. The van der Waals surface area contributed by atoms with Gasteiger partial charge in [-0.1, -0.05) is 34.6 Å². The summed E-state index contributed by atoms with van der Waals surface area (Å²) >= 11 is 0. The molecule has 0 aromatic rings. The topological polar surface area (TPSA) is 29.1 Å². The van der Waals surface area contributed by atoms with Crippen molar-refractivity contribution in [2.45, 2.75) is 47.7 Å². The van der Waals surface area contributed by atoms with Crippen LogP contribution in [-0.4, -0.2) is 18.6 Å². The first-order valence-electron chi connectivity index (χ1n) is 4.72. The van der Waals surface area contributed by atoms with E-state index in [9.17, 15) is 9.18 Å². The van der Waals surface area contributed by atoms with E-state index in [0.29, 0.717) is 0 Å². The van der Waals surface area contributed by atoms with Crippen molar-refractivity contribution < 1.29 is 9.18 Å². The molecule has 0 aliphatic heterocycles. The Balaban J connectivity index is 0. The van der Waals surface area contributed by atoms with Gasteiger partial charge in [0.2, 0.25) is 5.91 Å². The summed E-state index contributed by atoms with van der Waals surface area (Å²) in [6.07, 6.45) is -0.980. The maximum Gasteiger partial charge on any atom is 0.216 e. The zero-order valence-corrected chi connectivity index (χ0v) is 9.57. The molecule has 0 fully saturated rings. The molecule has 0 spiro atoms. The Kier molecular flexibility index (Phi) is 7.87. The Morgan fingerprint density at radius 1 is 1.38 bits per heavy atom. The van der Waals surface area contributed by atoms with Gasteiger partial charge in [0.1, 0.15) is 6.17 Å². The Morgan fingerprint density at radius 3 is 2.00 bits per heavy atom. The van der Waals surface area contributed by atoms with Gasteiger partial charge < -0.3 is 5.32 Å². The average Bonchev–Trinajstić information content (AvgIpc) is 2.02. The maximum absolute atomic E-state index is 13.1. The predicted molar refractivity (Wildman–Crippen MR) is 54.4 cm³/mol. The van der Waals surface area contributed by atoms with E-state index in [1.165, 1.54) is 6.92 Å². The first kappa shape index (κ1) is 14.9. The van der Waals surface area contributed by atoms with E-state index in [2.05, 4.69) is 5.32 Å². The first-order valence-corrected chi connectivity index (χ1v) is 4.72. The van der Waals surface area contributed by atoms with Gasteiger partial charge in [-0.25, -0.2) is 4.39 Å². The molecule has 0 radical (unpaired) electrons. The van der Waals surface area contributed by atoms with Crippen molar-refractivity contribution in [3.8, 4) is 0 Å². The van der Waals surface area contributed by atoms with Gasteiger partial charge >= 0.3 is 0 Å². The lowest BCUT2D eigenvalue weighted by atomic mass is 9.90. The number of rotatable bonds is 2. The highest BCUT2D eigenvalue weighted by Crippen LogP contribution is 2.21. The average molecular weight is 191 g/mol. The normalized spacial score (nSPS) is 12.5. The molecule has 0 aromatic carbocycles. The maximum atomic E-state index is 13.1. The monoisotopic (exact) mass is 191 g/mol. The second-order valence-corrected chi connectivity index (χ2v) is 3.77. The second kappa shape index (κ2) is 6.87. The van der Waals surface area contributed by atoms with Gasteiger partial charge in [-0.05, 0) is 5.41 Å². The van der Waals surface area contributed by atoms with Gasteiger partial charge in [0.15, 0.2) is 0 Å². The van der Waals surface area contributed by atoms with Crippen LogP contribution in [-0.2, 0) is 4.79 Å². The van der Waals surface area contributed by atoms with Crippen LogP contribution < -0.4 is 5.32 Å². The van der Waals surface area contributed by atoms with Gasteiger partial charge in [-0.15, -0.1) is 0 Å². The first-order chi connectivity index (χ1) is 5.84. The number of alkyl halides is 1. The van der Waals surface area contributed by atoms with Crippen molar-refractivity contribution in [2.24, 2.45) is 5.41 Å². The molecule has 0 aromatic heterocycles. The van der Waals surface area contributed by atoms with Crippen LogP contribution in [0.25, 0.3) is 0 Å². The molecule has 0 saturated heterocycles. The molecule has 0 aliphatic rings. The number of amides is 1. The van der Waals surface area contributed by atoms with Crippen LogP contribution in [0, 0.1) is 5.41 Å². The Hall–Kier alpha value is -0.600. The summed E-state index contributed by atoms with van der Waals surface area (Å²) < 4.78 is 13.1. The van der Waals surface area contributed by atoms with Gasteiger partial charge in [0.25, 0.3) is 0 Å². The number of halogens is 1. The molecule has 13 heavy (non-hydrogen) atoms. The molecule has 1 atom stereocenters. The van der Waals surface area contributed by atoms with E-state index in [0.717, 1.165) is 0 Å². The van der Waals surface area contributed by atoms with E-state index < -0.39 is 6.17 Å². The minimum atomic E-state index is -0.980. The van der Waals surface area contributed by atoms with Crippen LogP contribution in [0.15, 0.2) is 0 Å². The lowest BCUT2D eigenvalue weighted by Crippen LogP contribution is -2.35. The fraction of sp³-hybridized carbons (Fsp3) is 0.900. The summed E-state index contributed by atoms with van der Waals surface area (Å²) in [5.74, 6) is -0.183. The highest BCUT2D eigenvalue weighted by Gasteiger charge is 2.23. The van der Waals surface area contributed by atoms with Crippen molar-refractivity contribution >= 4 is 5.91 Å². The van der Waals surface area contributed by atoms with Crippen molar-refractivity contribution in [1.82, 2.24) is 5.32 Å². The van der Waals surface area contributed by atoms with E-state index in [1.54, 1.807) is 20.8 Å². The third-order valence-corrected chi connectivity index (χ3v) is 1.47. The smallest absolute Gasteiger partial charge is 0.216 e. The third kappa shape index (κ3) is 9.31. The summed E-state index contributed by atoms with van der Waals surface area (Å²) in [5.41, 5.74) is -0.386. The summed E-state index contributed by atoms with van der Waals surface area (Å²) in [6, 6.07) is 0. The van der Waals surface area contributed by atoms with Gasteiger partial charge in [-0.2, -0.15) is 0 Å². The Labute approximate surface area is 80.9 Å². The molecule has 1 N–H and O–H groups in total. The number of nitrogens with one attached hydrogen (secondary N) is 1. The van der Waals surface area contributed by atoms with E-state index >= 15 is 0 Å². The molecule has 3 heteroatoms. The summed E-state index contributed by atoms with van der Waals surface area (Å²) in [4.78, 5) is 10.4. The molecule has 0 aliphatic carbocycles. The van der Waals surface area contributed by atoms with Crippen LogP contribution in [0.4, 0.5) is 4.39 Å². The molecule has 0 saturated carbocycles. The molecule has 2 nitrogen and oxygen atoms in total. The zero-order valence-electron chi connectivity index (χ0n) is 9.57. The highest BCUT2D eigenvalue weighted by atomic mass is 19.1. The molecule has 1 unspecified atom stereocenters. The summed E-state index contributed by atoms with van der Waals surface area (Å²) in [6.45, 7) is 10.9. The predicted octanol–water partition coefficient (Wildman–Crippen LogP) is 2.53. The number of carbonyl (C=O) groups excluding carboxylic acids is 1. The number of hydrogen-bond donors (Lipinski definition) is 1. The van der Waals surface area contributed by atoms with Gasteiger partial charge in [-0.3, -0.25) is 4.79 Å². The fourth-order valence-corrected chi connectivity index (χ4v) is 0.540. The Morgan fingerprint density at radius 2 is 1.77 bits per heavy atom. The molecule has 1 amide bonds. The van der Waals surface area contributed by atoms with Crippen LogP contribution in [0.2, 0.25) is 0 Å². The van der Waals surface area contributed by atoms with E-state index in [-0.39, 0.29) is 17.9 Å².